The lowest BCUT2D eigenvalue weighted by atomic mass is 10.1. The molecule has 0 unspecified atom stereocenters. The molecule has 0 fully saturated rings. The van der Waals surface area contributed by atoms with Crippen LogP contribution in [0, 0.1) is 0 Å². The van der Waals surface area contributed by atoms with E-state index in [-0.39, 0.29) is 11.3 Å². The second-order valence-electron chi connectivity index (χ2n) is 5.06. The van der Waals surface area contributed by atoms with Crippen LogP contribution in [-0.2, 0) is 9.47 Å². The van der Waals surface area contributed by atoms with Crippen molar-refractivity contribution in [1.29, 1.82) is 0 Å². The molecule has 120 valence electrons. The number of esters is 2. The number of allylic oxidation sites excluding steroid dienone is 1. The van der Waals surface area contributed by atoms with Gasteiger partial charge in [0, 0.05) is 0 Å². The summed E-state index contributed by atoms with van der Waals surface area (Å²) in [5.41, 5.74) is 2.07. The zero-order valence-corrected chi connectivity index (χ0v) is 13.5. The maximum Gasteiger partial charge on any atom is 0.357 e. The minimum atomic E-state index is -0.657. The van der Waals surface area contributed by atoms with Crippen LogP contribution in [-0.4, -0.2) is 35.9 Å². The Morgan fingerprint density at radius 2 is 1.65 bits per heavy atom. The largest absolute Gasteiger partial charge is 0.465 e. The van der Waals surface area contributed by atoms with Gasteiger partial charge >= 0.3 is 11.9 Å². The van der Waals surface area contributed by atoms with Gasteiger partial charge in [-0.1, -0.05) is 23.8 Å². The highest BCUT2D eigenvalue weighted by Gasteiger charge is 2.29. The van der Waals surface area contributed by atoms with Crippen LogP contribution >= 0.6 is 0 Å². The molecule has 0 saturated carbocycles. The summed E-state index contributed by atoms with van der Waals surface area (Å²) in [5.74, 6) is -1.30. The van der Waals surface area contributed by atoms with Gasteiger partial charge in [0.15, 0.2) is 5.69 Å². The van der Waals surface area contributed by atoms with Gasteiger partial charge in [-0.05, 0) is 32.1 Å². The SMILES string of the molecule is COC(=O)c1c(C=C(C)C)nn(-c2ccccc2)c1C(=O)OC. The smallest absolute Gasteiger partial charge is 0.357 e. The summed E-state index contributed by atoms with van der Waals surface area (Å²) in [7, 11) is 2.52. The van der Waals surface area contributed by atoms with Crippen molar-refractivity contribution in [3.8, 4) is 5.69 Å². The molecule has 0 saturated heterocycles. The third-order valence-corrected chi connectivity index (χ3v) is 3.11. The quantitative estimate of drug-likeness (QED) is 0.812. The first kappa shape index (κ1) is 16.5. The molecule has 6 heteroatoms. The van der Waals surface area contributed by atoms with Gasteiger partial charge < -0.3 is 9.47 Å². The van der Waals surface area contributed by atoms with Crippen molar-refractivity contribution >= 4 is 18.0 Å². The third-order valence-electron chi connectivity index (χ3n) is 3.11. The van der Waals surface area contributed by atoms with Crippen molar-refractivity contribution in [2.24, 2.45) is 0 Å². The highest BCUT2D eigenvalue weighted by atomic mass is 16.5. The van der Waals surface area contributed by atoms with Crippen LogP contribution in [0.3, 0.4) is 0 Å². The van der Waals surface area contributed by atoms with Gasteiger partial charge in [-0.15, -0.1) is 0 Å². The van der Waals surface area contributed by atoms with E-state index in [0.717, 1.165) is 5.57 Å². The number of para-hydroxylation sites is 1. The third kappa shape index (κ3) is 3.31. The summed E-state index contributed by atoms with van der Waals surface area (Å²) in [6.45, 7) is 3.75. The minimum absolute atomic E-state index is 0.0399. The molecule has 0 atom stereocenters. The standard InChI is InChI=1S/C17H18N2O4/c1-11(2)10-13-14(16(20)22-3)15(17(21)23-4)19(18-13)12-8-6-5-7-9-12/h5-10H,1-4H3. The summed E-state index contributed by atoms with van der Waals surface area (Å²) >= 11 is 0. The van der Waals surface area contributed by atoms with Gasteiger partial charge in [0.2, 0.25) is 0 Å². The van der Waals surface area contributed by atoms with Gasteiger partial charge in [0.25, 0.3) is 0 Å². The molecule has 0 bridgehead atoms. The van der Waals surface area contributed by atoms with E-state index in [1.807, 2.05) is 32.0 Å². The Morgan fingerprint density at radius 1 is 1.04 bits per heavy atom. The molecule has 0 aliphatic heterocycles. The second kappa shape index (κ2) is 6.91. The Hall–Kier alpha value is -2.89. The van der Waals surface area contributed by atoms with Gasteiger partial charge in [0.05, 0.1) is 19.9 Å². The van der Waals surface area contributed by atoms with E-state index in [4.69, 9.17) is 9.47 Å². The van der Waals surface area contributed by atoms with Crippen LogP contribution < -0.4 is 0 Å². The molecule has 1 aromatic heterocycles. The van der Waals surface area contributed by atoms with Gasteiger partial charge in [-0.25, -0.2) is 14.3 Å². The van der Waals surface area contributed by atoms with Crippen molar-refractivity contribution in [2.75, 3.05) is 14.2 Å². The normalized spacial score (nSPS) is 10.1. The van der Waals surface area contributed by atoms with E-state index in [2.05, 4.69) is 5.10 Å². The summed E-state index contributed by atoms with van der Waals surface area (Å²) < 4.78 is 11.0. The maximum absolute atomic E-state index is 12.2. The van der Waals surface area contributed by atoms with E-state index in [1.165, 1.54) is 18.9 Å². The summed E-state index contributed by atoms with van der Waals surface area (Å²) in [6.07, 6.45) is 1.72. The highest BCUT2D eigenvalue weighted by Crippen LogP contribution is 2.23. The number of hydrogen-bond donors (Lipinski definition) is 0. The highest BCUT2D eigenvalue weighted by molar-refractivity contribution is 6.04. The molecular weight excluding hydrogens is 296 g/mol. The number of benzene rings is 1. The van der Waals surface area contributed by atoms with Gasteiger partial charge in [-0.3, -0.25) is 0 Å². The molecule has 2 rings (SSSR count). The number of ether oxygens (including phenoxy) is 2. The molecule has 0 aliphatic rings. The van der Waals surface area contributed by atoms with E-state index < -0.39 is 11.9 Å². The minimum Gasteiger partial charge on any atom is -0.465 e. The Kier molecular flexibility index (Phi) is 4.95. The van der Waals surface area contributed by atoms with Crippen LogP contribution in [0.1, 0.15) is 40.4 Å². The molecular formula is C17H18N2O4. The molecule has 2 aromatic rings. The average molecular weight is 314 g/mol. The summed E-state index contributed by atoms with van der Waals surface area (Å²) in [4.78, 5) is 24.4. The fourth-order valence-corrected chi connectivity index (χ4v) is 2.15. The van der Waals surface area contributed by atoms with E-state index in [9.17, 15) is 9.59 Å². The van der Waals surface area contributed by atoms with Crippen molar-refractivity contribution in [1.82, 2.24) is 9.78 Å². The predicted octanol–water partition coefficient (Wildman–Crippen LogP) is 2.87. The topological polar surface area (TPSA) is 70.4 Å². The van der Waals surface area contributed by atoms with E-state index in [1.54, 1.807) is 18.2 Å². The second-order valence-corrected chi connectivity index (χ2v) is 5.06. The Labute approximate surface area is 134 Å². The van der Waals surface area contributed by atoms with Crippen molar-refractivity contribution in [2.45, 2.75) is 13.8 Å². The van der Waals surface area contributed by atoms with Crippen LogP contribution in [0.25, 0.3) is 11.8 Å². The zero-order chi connectivity index (χ0) is 17.0. The Bertz CT molecular complexity index is 756. The van der Waals surface area contributed by atoms with E-state index >= 15 is 0 Å². The molecule has 0 radical (unpaired) electrons. The maximum atomic E-state index is 12.2. The summed E-state index contributed by atoms with van der Waals surface area (Å²) in [6, 6.07) is 9.05. The molecule has 1 aromatic carbocycles. The van der Waals surface area contributed by atoms with Gasteiger partial charge in [0.1, 0.15) is 11.3 Å². The lowest BCUT2D eigenvalue weighted by Crippen LogP contribution is -2.15. The van der Waals surface area contributed by atoms with Gasteiger partial charge in [-0.2, -0.15) is 5.10 Å². The van der Waals surface area contributed by atoms with Crippen LogP contribution in [0.5, 0.6) is 0 Å². The monoisotopic (exact) mass is 314 g/mol. The first-order valence-corrected chi connectivity index (χ1v) is 6.99. The average Bonchev–Trinajstić information content (AvgIpc) is 2.92. The predicted molar refractivity (Wildman–Crippen MR) is 85.6 cm³/mol. The number of aromatic nitrogens is 2. The number of carbonyl (C=O) groups is 2. The van der Waals surface area contributed by atoms with E-state index in [0.29, 0.717) is 11.4 Å². The Morgan fingerprint density at radius 3 is 2.17 bits per heavy atom. The zero-order valence-electron chi connectivity index (χ0n) is 13.5. The first-order chi connectivity index (χ1) is 11.0. The Balaban J connectivity index is 2.81. The van der Waals surface area contributed by atoms with Crippen LogP contribution in [0.4, 0.5) is 0 Å². The van der Waals surface area contributed by atoms with Crippen LogP contribution in [0.2, 0.25) is 0 Å². The lowest BCUT2D eigenvalue weighted by molar-refractivity contribution is 0.0549. The van der Waals surface area contributed by atoms with Crippen molar-refractivity contribution in [3.63, 3.8) is 0 Å². The number of hydrogen-bond acceptors (Lipinski definition) is 5. The molecule has 23 heavy (non-hydrogen) atoms. The number of methoxy groups -OCH3 is 2. The molecule has 0 spiro atoms. The number of nitrogens with zero attached hydrogens (tertiary/aromatic N) is 2. The molecule has 6 nitrogen and oxygen atoms in total. The number of rotatable bonds is 4. The van der Waals surface area contributed by atoms with Crippen LogP contribution in [0.15, 0.2) is 35.9 Å². The van der Waals surface area contributed by atoms with Crippen molar-refractivity contribution in [3.05, 3.63) is 52.9 Å². The molecule has 0 amide bonds. The molecule has 1 heterocycles. The fourth-order valence-electron chi connectivity index (χ4n) is 2.15. The first-order valence-electron chi connectivity index (χ1n) is 6.99. The molecule has 0 N–H and O–H groups in total. The lowest BCUT2D eigenvalue weighted by Gasteiger charge is -2.06. The van der Waals surface area contributed by atoms with Crippen molar-refractivity contribution < 1.29 is 19.1 Å². The number of carbonyl (C=O) groups excluding carboxylic acids is 2. The molecule has 0 aliphatic carbocycles. The summed E-state index contributed by atoms with van der Waals surface area (Å²) in [5, 5.41) is 4.40. The fraction of sp³-hybridized carbons (Fsp3) is 0.235.